The zero-order valence-electron chi connectivity index (χ0n) is 10.9. The van der Waals surface area contributed by atoms with E-state index in [0.717, 1.165) is 32.4 Å². The number of morpholine rings is 1. The Morgan fingerprint density at radius 2 is 1.82 bits per heavy atom. The van der Waals surface area contributed by atoms with Crippen LogP contribution >= 0.6 is 0 Å². The summed E-state index contributed by atoms with van der Waals surface area (Å²) in [5.74, 6) is 0.895. The van der Waals surface area contributed by atoms with Gasteiger partial charge in [-0.05, 0) is 45.7 Å². The van der Waals surface area contributed by atoms with Gasteiger partial charge in [-0.15, -0.1) is 0 Å². The zero-order valence-corrected chi connectivity index (χ0v) is 10.9. The molecule has 0 aromatic carbocycles. The predicted octanol–water partition coefficient (Wildman–Crippen LogP) is 1.01. The minimum absolute atomic E-state index is 0.230. The van der Waals surface area contributed by atoms with Crippen LogP contribution in [0.5, 0.6) is 0 Å². The van der Waals surface area contributed by atoms with Gasteiger partial charge in [0.15, 0.2) is 0 Å². The molecule has 98 valence electrons. The minimum Gasteiger partial charge on any atom is -0.377 e. The van der Waals surface area contributed by atoms with Crippen molar-refractivity contribution in [2.45, 2.75) is 45.2 Å². The number of carbonyl (C=O) groups is 1. The van der Waals surface area contributed by atoms with Crippen LogP contribution in [-0.2, 0) is 9.53 Å². The van der Waals surface area contributed by atoms with Crippen molar-refractivity contribution in [2.24, 2.45) is 5.92 Å². The maximum atomic E-state index is 12.3. The summed E-state index contributed by atoms with van der Waals surface area (Å²) >= 11 is 0. The minimum atomic E-state index is 0.230. The highest BCUT2D eigenvalue weighted by molar-refractivity contribution is 5.77. The van der Waals surface area contributed by atoms with E-state index in [2.05, 4.69) is 19.2 Å². The number of amides is 1. The van der Waals surface area contributed by atoms with Crippen LogP contribution in [0.15, 0.2) is 0 Å². The standard InChI is InChI=1S/C13H24N2O2/c1-10-8-17-9-11(2)15(10)13(16)7-12-3-5-14-6-4-12/h10-12,14H,3-9H2,1-2H3/t10-,11-/m0/s1. The summed E-state index contributed by atoms with van der Waals surface area (Å²) in [5.41, 5.74) is 0. The number of piperidine rings is 1. The summed E-state index contributed by atoms with van der Waals surface area (Å²) < 4.78 is 5.46. The van der Waals surface area contributed by atoms with E-state index in [9.17, 15) is 4.79 Å². The third-order valence-electron chi connectivity index (χ3n) is 3.88. The molecule has 0 spiro atoms. The molecule has 1 N–H and O–H groups in total. The number of hydrogen-bond acceptors (Lipinski definition) is 3. The average molecular weight is 240 g/mol. The van der Waals surface area contributed by atoms with Gasteiger partial charge in [0.25, 0.3) is 0 Å². The Hall–Kier alpha value is -0.610. The van der Waals surface area contributed by atoms with E-state index in [4.69, 9.17) is 4.74 Å². The van der Waals surface area contributed by atoms with Crippen molar-refractivity contribution < 1.29 is 9.53 Å². The number of hydrogen-bond donors (Lipinski definition) is 1. The van der Waals surface area contributed by atoms with Crippen molar-refractivity contribution in [1.29, 1.82) is 0 Å². The molecule has 0 aliphatic carbocycles. The predicted molar refractivity (Wildman–Crippen MR) is 66.8 cm³/mol. The molecule has 0 radical (unpaired) electrons. The van der Waals surface area contributed by atoms with E-state index >= 15 is 0 Å². The van der Waals surface area contributed by atoms with Gasteiger partial charge in [0.05, 0.1) is 25.3 Å². The molecular formula is C13H24N2O2. The molecule has 4 nitrogen and oxygen atoms in total. The van der Waals surface area contributed by atoms with Gasteiger partial charge in [-0.1, -0.05) is 0 Å². The van der Waals surface area contributed by atoms with E-state index in [0.29, 0.717) is 25.0 Å². The van der Waals surface area contributed by atoms with Crippen LogP contribution in [0.25, 0.3) is 0 Å². The Morgan fingerprint density at radius 3 is 2.41 bits per heavy atom. The highest BCUT2D eigenvalue weighted by atomic mass is 16.5. The molecule has 0 unspecified atom stereocenters. The summed E-state index contributed by atoms with van der Waals surface area (Å²) in [6.07, 6.45) is 2.99. The lowest BCUT2D eigenvalue weighted by Gasteiger charge is -2.39. The first-order valence-corrected chi connectivity index (χ1v) is 6.78. The van der Waals surface area contributed by atoms with E-state index in [1.54, 1.807) is 0 Å². The third-order valence-corrected chi connectivity index (χ3v) is 3.88. The van der Waals surface area contributed by atoms with Crippen molar-refractivity contribution in [1.82, 2.24) is 10.2 Å². The van der Waals surface area contributed by atoms with Gasteiger partial charge in [0.2, 0.25) is 5.91 Å². The van der Waals surface area contributed by atoms with E-state index in [1.165, 1.54) is 0 Å². The van der Waals surface area contributed by atoms with Crippen LogP contribution in [0, 0.1) is 5.92 Å². The first kappa shape index (κ1) is 12.8. The number of nitrogens with zero attached hydrogens (tertiary/aromatic N) is 1. The van der Waals surface area contributed by atoms with Gasteiger partial charge < -0.3 is 15.0 Å². The van der Waals surface area contributed by atoms with Gasteiger partial charge in [0, 0.05) is 6.42 Å². The fourth-order valence-corrected chi connectivity index (χ4v) is 2.93. The fraction of sp³-hybridized carbons (Fsp3) is 0.923. The van der Waals surface area contributed by atoms with Crippen LogP contribution < -0.4 is 5.32 Å². The lowest BCUT2D eigenvalue weighted by Crippen LogP contribution is -2.53. The largest absolute Gasteiger partial charge is 0.377 e. The highest BCUT2D eigenvalue weighted by Gasteiger charge is 2.30. The summed E-state index contributed by atoms with van der Waals surface area (Å²) in [7, 11) is 0. The summed E-state index contributed by atoms with van der Waals surface area (Å²) in [6.45, 7) is 7.65. The first-order valence-electron chi connectivity index (χ1n) is 6.78. The number of carbonyl (C=O) groups excluding carboxylic acids is 1. The molecule has 17 heavy (non-hydrogen) atoms. The van der Waals surface area contributed by atoms with Crippen LogP contribution in [0.2, 0.25) is 0 Å². The first-order chi connectivity index (χ1) is 8.18. The maximum absolute atomic E-state index is 12.3. The Morgan fingerprint density at radius 1 is 1.24 bits per heavy atom. The van der Waals surface area contributed by atoms with Crippen LogP contribution in [0.3, 0.4) is 0 Å². The molecule has 0 aromatic rings. The van der Waals surface area contributed by atoms with Gasteiger partial charge in [-0.3, -0.25) is 4.79 Å². The van der Waals surface area contributed by atoms with Crippen LogP contribution in [0.1, 0.15) is 33.1 Å². The number of rotatable bonds is 2. The van der Waals surface area contributed by atoms with Crippen LogP contribution in [0.4, 0.5) is 0 Å². The smallest absolute Gasteiger partial charge is 0.223 e. The lowest BCUT2D eigenvalue weighted by molar-refractivity contribution is -0.145. The fourth-order valence-electron chi connectivity index (χ4n) is 2.93. The lowest BCUT2D eigenvalue weighted by atomic mass is 9.93. The third kappa shape index (κ3) is 3.19. The molecule has 2 aliphatic heterocycles. The van der Waals surface area contributed by atoms with Crippen molar-refractivity contribution in [3.05, 3.63) is 0 Å². The average Bonchev–Trinajstić information content (AvgIpc) is 2.30. The molecule has 2 aliphatic rings. The monoisotopic (exact) mass is 240 g/mol. The molecule has 2 rings (SSSR count). The molecule has 2 saturated heterocycles. The Bertz CT molecular complexity index is 254. The van der Waals surface area contributed by atoms with Crippen molar-refractivity contribution in [3.63, 3.8) is 0 Å². The summed E-state index contributed by atoms with van der Waals surface area (Å²) in [5, 5.41) is 3.34. The molecule has 2 heterocycles. The second kappa shape index (κ2) is 5.83. The van der Waals surface area contributed by atoms with E-state index in [-0.39, 0.29) is 12.1 Å². The molecule has 2 atom stereocenters. The number of nitrogens with one attached hydrogen (secondary N) is 1. The van der Waals surface area contributed by atoms with Crippen molar-refractivity contribution in [2.75, 3.05) is 26.3 Å². The Kier molecular flexibility index (Phi) is 4.40. The maximum Gasteiger partial charge on any atom is 0.223 e. The second-order valence-corrected chi connectivity index (χ2v) is 5.43. The summed E-state index contributed by atoms with van der Waals surface area (Å²) in [6, 6.07) is 0.459. The van der Waals surface area contributed by atoms with Crippen molar-refractivity contribution >= 4 is 5.91 Å². The Labute approximate surface area is 104 Å². The molecule has 4 heteroatoms. The molecule has 2 fully saturated rings. The summed E-state index contributed by atoms with van der Waals surface area (Å²) in [4.78, 5) is 14.4. The number of ether oxygens (including phenoxy) is 1. The molecule has 0 aromatic heterocycles. The van der Waals surface area contributed by atoms with Gasteiger partial charge >= 0.3 is 0 Å². The van der Waals surface area contributed by atoms with E-state index in [1.807, 2.05) is 4.90 Å². The second-order valence-electron chi connectivity index (χ2n) is 5.43. The van der Waals surface area contributed by atoms with Crippen molar-refractivity contribution in [3.8, 4) is 0 Å². The van der Waals surface area contributed by atoms with Crippen LogP contribution in [-0.4, -0.2) is 49.2 Å². The van der Waals surface area contributed by atoms with E-state index < -0.39 is 0 Å². The zero-order chi connectivity index (χ0) is 12.3. The molecule has 0 saturated carbocycles. The SMILES string of the molecule is C[C@H]1COC[C@H](C)N1C(=O)CC1CCNCC1. The quantitative estimate of drug-likeness (QED) is 0.783. The molecular weight excluding hydrogens is 216 g/mol. The van der Waals surface area contributed by atoms with Gasteiger partial charge in [0.1, 0.15) is 0 Å². The normalized spacial score (nSPS) is 31.5. The molecule has 1 amide bonds. The topological polar surface area (TPSA) is 41.6 Å². The van der Waals surface area contributed by atoms with Gasteiger partial charge in [-0.25, -0.2) is 0 Å². The Balaban J connectivity index is 1.88. The molecule has 0 bridgehead atoms. The van der Waals surface area contributed by atoms with Gasteiger partial charge in [-0.2, -0.15) is 0 Å². The highest BCUT2D eigenvalue weighted by Crippen LogP contribution is 2.21.